The van der Waals surface area contributed by atoms with Gasteiger partial charge in [-0.05, 0) is 58.7 Å². The first-order chi connectivity index (χ1) is 23.1. The number of fused-ring (bicyclic) bond motifs is 10. The van der Waals surface area contributed by atoms with E-state index in [1.54, 1.807) is 0 Å². The number of hydrogen-bond donors (Lipinski definition) is 0. The van der Waals surface area contributed by atoms with Gasteiger partial charge < -0.3 is 8.98 Å². The number of hydrogen-bond acceptors (Lipinski definition) is 3. The molecule has 0 amide bonds. The van der Waals surface area contributed by atoms with Crippen molar-refractivity contribution in [2.75, 3.05) is 0 Å². The van der Waals surface area contributed by atoms with Gasteiger partial charge in [-0.1, -0.05) is 117 Å². The molecule has 6 aromatic carbocycles. The summed E-state index contributed by atoms with van der Waals surface area (Å²) in [7, 11) is 0. The SMILES string of the molecule is CC1(C)c2ccccc2-c2ccc(-c3nc(-c4ccccc4)c4c(n3)oc3c4ccc4c3c3ccccc3n4-c3ccccc3)cc21. The van der Waals surface area contributed by atoms with Crippen LogP contribution in [0.1, 0.15) is 25.0 Å². The fourth-order valence-corrected chi connectivity index (χ4v) is 7.82. The van der Waals surface area contributed by atoms with Gasteiger partial charge in [0, 0.05) is 33.0 Å². The first kappa shape index (κ1) is 26.2. The molecule has 0 aliphatic heterocycles. The van der Waals surface area contributed by atoms with E-state index in [9.17, 15) is 0 Å². The van der Waals surface area contributed by atoms with Gasteiger partial charge in [0.2, 0.25) is 5.71 Å². The van der Waals surface area contributed by atoms with Crippen LogP contribution < -0.4 is 0 Å². The van der Waals surface area contributed by atoms with E-state index < -0.39 is 0 Å². The highest BCUT2D eigenvalue weighted by Crippen LogP contribution is 2.50. The maximum absolute atomic E-state index is 6.87. The molecule has 0 radical (unpaired) electrons. The van der Waals surface area contributed by atoms with Crippen LogP contribution in [0.25, 0.3) is 83.3 Å². The Morgan fingerprint density at radius 1 is 0.553 bits per heavy atom. The van der Waals surface area contributed by atoms with Crippen LogP contribution >= 0.6 is 0 Å². The number of para-hydroxylation sites is 2. The van der Waals surface area contributed by atoms with Crippen molar-refractivity contribution in [2.45, 2.75) is 19.3 Å². The fourth-order valence-electron chi connectivity index (χ4n) is 7.82. The first-order valence-electron chi connectivity index (χ1n) is 16.1. The van der Waals surface area contributed by atoms with E-state index in [-0.39, 0.29) is 5.41 Å². The van der Waals surface area contributed by atoms with Crippen LogP contribution in [0, 0.1) is 0 Å². The molecule has 0 saturated carbocycles. The topological polar surface area (TPSA) is 43.9 Å². The maximum Gasteiger partial charge on any atom is 0.231 e. The van der Waals surface area contributed by atoms with Gasteiger partial charge >= 0.3 is 0 Å². The molecule has 0 unspecified atom stereocenters. The van der Waals surface area contributed by atoms with E-state index in [2.05, 4.69) is 152 Å². The summed E-state index contributed by atoms with van der Waals surface area (Å²) in [5, 5.41) is 4.17. The summed E-state index contributed by atoms with van der Waals surface area (Å²) in [5.74, 6) is 0.660. The number of furan rings is 1. The summed E-state index contributed by atoms with van der Waals surface area (Å²) in [4.78, 5) is 10.5. The Balaban J connectivity index is 1.27. The van der Waals surface area contributed by atoms with E-state index in [1.807, 2.05) is 6.07 Å². The molecule has 9 aromatic rings. The molecule has 1 aliphatic carbocycles. The Bertz CT molecular complexity index is 2700. The molecule has 0 atom stereocenters. The van der Waals surface area contributed by atoms with Crippen LogP contribution in [0.5, 0.6) is 0 Å². The monoisotopic (exact) mass is 603 g/mol. The minimum atomic E-state index is -0.119. The molecule has 3 heterocycles. The number of aromatic nitrogens is 3. The van der Waals surface area contributed by atoms with Gasteiger partial charge in [0.15, 0.2) is 5.82 Å². The summed E-state index contributed by atoms with van der Waals surface area (Å²) >= 11 is 0. The molecular weight excluding hydrogens is 574 g/mol. The molecular formula is C43H29N3O. The normalized spacial score (nSPS) is 13.5. The van der Waals surface area contributed by atoms with Crippen molar-refractivity contribution in [2.24, 2.45) is 0 Å². The Kier molecular flexibility index (Phi) is 5.31. The largest absolute Gasteiger partial charge is 0.437 e. The third-order valence-corrected chi connectivity index (χ3v) is 10.0. The standard InChI is InChI=1S/C43H29N3O/c1-43(2)33-19-11-9-17-29(33)30-22-21-27(25-34(30)43)41-44-39(26-13-5-3-6-14-26)38-32-23-24-36-37(40(32)47-42(38)45-41)31-18-10-12-20-35(31)46(36)28-15-7-4-8-16-28/h3-25H,1-2H3. The second-order valence-corrected chi connectivity index (χ2v) is 13.0. The number of nitrogens with zero attached hydrogens (tertiary/aromatic N) is 3. The molecule has 0 N–H and O–H groups in total. The van der Waals surface area contributed by atoms with Crippen molar-refractivity contribution in [3.63, 3.8) is 0 Å². The lowest BCUT2D eigenvalue weighted by Crippen LogP contribution is -2.15. The second-order valence-electron chi connectivity index (χ2n) is 13.0. The van der Waals surface area contributed by atoms with Gasteiger partial charge in [-0.3, -0.25) is 0 Å². The molecule has 0 fully saturated rings. The average molecular weight is 604 g/mol. The lowest BCUT2D eigenvalue weighted by atomic mass is 9.82. The smallest absolute Gasteiger partial charge is 0.231 e. The zero-order valence-corrected chi connectivity index (χ0v) is 26.0. The summed E-state index contributed by atoms with van der Waals surface area (Å²) in [5.41, 5.74) is 12.8. The minimum absolute atomic E-state index is 0.119. The molecule has 10 rings (SSSR count). The van der Waals surface area contributed by atoms with Crippen LogP contribution in [-0.4, -0.2) is 14.5 Å². The minimum Gasteiger partial charge on any atom is -0.437 e. The van der Waals surface area contributed by atoms with Crippen molar-refractivity contribution < 1.29 is 4.42 Å². The molecule has 47 heavy (non-hydrogen) atoms. The highest BCUT2D eigenvalue weighted by Gasteiger charge is 2.35. The van der Waals surface area contributed by atoms with E-state index in [0.717, 1.165) is 60.7 Å². The van der Waals surface area contributed by atoms with E-state index in [0.29, 0.717) is 11.5 Å². The van der Waals surface area contributed by atoms with Crippen molar-refractivity contribution in [1.29, 1.82) is 0 Å². The predicted molar refractivity (Wildman–Crippen MR) is 192 cm³/mol. The Morgan fingerprint density at radius 3 is 2.13 bits per heavy atom. The molecule has 0 bridgehead atoms. The van der Waals surface area contributed by atoms with Crippen LogP contribution in [0.3, 0.4) is 0 Å². The lowest BCUT2D eigenvalue weighted by Gasteiger charge is -2.21. The van der Waals surface area contributed by atoms with Gasteiger partial charge in [-0.25, -0.2) is 4.98 Å². The summed E-state index contributed by atoms with van der Waals surface area (Å²) in [6, 6.07) is 49.2. The van der Waals surface area contributed by atoms with Crippen LogP contribution in [-0.2, 0) is 5.41 Å². The Labute approximate surface area is 271 Å². The molecule has 4 heteroatoms. The average Bonchev–Trinajstić information content (AvgIpc) is 3.74. The highest BCUT2D eigenvalue weighted by atomic mass is 16.3. The maximum atomic E-state index is 6.87. The van der Waals surface area contributed by atoms with Crippen molar-refractivity contribution in [3.05, 3.63) is 151 Å². The summed E-state index contributed by atoms with van der Waals surface area (Å²) in [6.07, 6.45) is 0. The van der Waals surface area contributed by atoms with Gasteiger partial charge in [0.25, 0.3) is 0 Å². The zero-order chi connectivity index (χ0) is 31.3. The second kappa shape index (κ2) is 9.51. The highest BCUT2D eigenvalue weighted by molar-refractivity contribution is 6.25. The molecule has 222 valence electrons. The lowest BCUT2D eigenvalue weighted by molar-refractivity contribution is 0.657. The number of rotatable bonds is 3. The van der Waals surface area contributed by atoms with Gasteiger partial charge in [-0.15, -0.1) is 0 Å². The van der Waals surface area contributed by atoms with Gasteiger partial charge in [0.05, 0.1) is 27.5 Å². The van der Waals surface area contributed by atoms with Crippen LogP contribution in [0.15, 0.2) is 144 Å². The molecule has 1 aliphatic rings. The Morgan fingerprint density at radius 2 is 1.28 bits per heavy atom. The molecule has 4 nitrogen and oxygen atoms in total. The molecule has 3 aromatic heterocycles. The fraction of sp³-hybridized carbons (Fsp3) is 0.0698. The Hall–Kier alpha value is -6.00. The third kappa shape index (κ3) is 3.64. The van der Waals surface area contributed by atoms with E-state index in [4.69, 9.17) is 14.4 Å². The van der Waals surface area contributed by atoms with Crippen molar-refractivity contribution in [3.8, 4) is 39.5 Å². The van der Waals surface area contributed by atoms with Crippen LogP contribution in [0.2, 0.25) is 0 Å². The van der Waals surface area contributed by atoms with Crippen LogP contribution in [0.4, 0.5) is 0 Å². The first-order valence-corrected chi connectivity index (χ1v) is 16.1. The van der Waals surface area contributed by atoms with E-state index in [1.165, 1.54) is 22.3 Å². The molecule has 0 saturated heterocycles. The summed E-state index contributed by atoms with van der Waals surface area (Å²) in [6.45, 7) is 4.61. The predicted octanol–water partition coefficient (Wildman–Crippen LogP) is 11.1. The van der Waals surface area contributed by atoms with E-state index >= 15 is 0 Å². The quantitative estimate of drug-likeness (QED) is 0.202. The molecule has 0 spiro atoms. The van der Waals surface area contributed by atoms with Crippen molar-refractivity contribution in [1.82, 2.24) is 14.5 Å². The zero-order valence-electron chi connectivity index (χ0n) is 26.0. The summed E-state index contributed by atoms with van der Waals surface area (Å²) < 4.78 is 9.18. The van der Waals surface area contributed by atoms with Crippen molar-refractivity contribution >= 4 is 43.9 Å². The number of benzene rings is 6. The van der Waals surface area contributed by atoms with Gasteiger partial charge in [-0.2, -0.15) is 4.98 Å². The third-order valence-electron chi connectivity index (χ3n) is 10.0. The van der Waals surface area contributed by atoms with Gasteiger partial charge in [0.1, 0.15) is 5.58 Å².